The molecule has 1 heterocycles. The first-order valence-electron chi connectivity index (χ1n) is 10.0. The molecule has 2 atom stereocenters. The molecule has 0 aromatic carbocycles. The maximum absolute atomic E-state index is 12.8. The highest BCUT2D eigenvalue weighted by molar-refractivity contribution is 5.92. The number of esters is 2. The van der Waals surface area contributed by atoms with Gasteiger partial charge in [-0.1, -0.05) is 0 Å². The molecular formula is C20H34N2O8. The smallest absolute Gasteiger partial charge is 0.411 e. The van der Waals surface area contributed by atoms with Crippen LogP contribution in [0, 0.1) is 0 Å². The second-order valence-corrected chi connectivity index (χ2v) is 8.74. The summed E-state index contributed by atoms with van der Waals surface area (Å²) in [7, 11) is 0. The maximum atomic E-state index is 12.8. The minimum absolute atomic E-state index is 0.0273. The average Bonchev–Trinajstić information content (AvgIpc) is 2.57. The van der Waals surface area contributed by atoms with E-state index in [9.17, 15) is 19.2 Å². The number of hydrogen-bond donors (Lipinski definition) is 0. The van der Waals surface area contributed by atoms with Gasteiger partial charge in [0.1, 0.15) is 11.2 Å². The van der Waals surface area contributed by atoms with Gasteiger partial charge < -0.3 is 18.9 Å². The molecule has 172 valence electrons. The number of nitrogens with zero attached hydrogens (tertiary/aromatic N) is 2. The Balaban J connectivity index is 3.38. The third-order valence-corrected chi connectivity index (χ3v) is 3.86. The molecule has 0 N–H and O–H groups in total. The van der Waals surface area contributed by atoms with Crippen molar-refractivity contribution in [3.8, 4) is 0 Å². The molecule has 1 rings (SSSR count). The number of carbonyl (C=O) groups excluding carboxylic acids is 4. The van der Waals surface area contributed by atoms with Gasteiger partial charge in [0.05, 0.1) is 13.2 Å². The highest BCUT2D eigenvalue weighted by Crippen LogP contribution is 2.25. The zero-order chi connectivity index (χ0) is 23.3. The highest BCUT2D eigenvalue weighted by Gasteiger charge is 2.52. The summed E-state index contributed by atoms with van der Waals surface area (Å²) in [6.07, 6.45) is -1.59. The Hall–Kier alpha value is -2.52. The number of ether oxygens (including phenoxy) is 4. The van der Waals surface area contributed by atoms with Crippen molar-refractivity contribution < 1.29 is 38.1 Å². The van der Waals surface area contributed by atoms with Crippen LogP contribution in [-0.4, -0.2) is 83.5 Å². The quantitative estimate of drug-likeness (QED) is 0.493. The molecule has 0 bridgehead atoms. The van der Waals surface area contributed by atoms with Crippen LogP contribution < -0.4 is 0 Å². The molecule has 0 aromatic heterocycles. The monoisotopic (exact) mass is 430 g/mol. The van der Waals surface area contributed by atoms with Gasteiger partial charge in [-0.15, -0.1) is 0 Å². The van der Waals surface area contributed by atoms with E-state index in [1.165, 1.54) is 0 Å². The number of rotatable bonds is 4. The Morgan fingerprint density at radius 1 is 0.700 bits per heavy atom. The van der Waals surface area contributed by atoms with Gasteiger partial charge in [0.15, 0.2) is 12.1 Å². The zero-order valence-electron chi connectivity index (χ0n) is 19.1. The Morgan fingerprint density at radius 2 is 1.00 bits per heavy atom. The molecule has 2 amide bonds. The Kier molecular flexibility index (Phi) is 8.50. The molecule has 1 aliphatic heterocycles. The molecule has 0 spiro atoms. The van der Waals surface area contributed by atoms with Crippen LogP contribution in [0.1, 0.15) is 55.4 Å². The lowest BCUT2D eigenvalue weighted by molar-refractivity contribution is -0.166. The topological polar surface area (TPSA) is 112 Å². The van der Waals surface area contributed by atoms with Crippen molar-refractivity contribution in [3.05, 3.63) is 0 Å². The molecule has 0 saturated carbocycles. The van der Waals surface area contributed by atoms with E-state index in [1.807, 2.05) is 0 Å². The predicted octanol–water partition coefficient (Wildman–Crippen LogP) is 2.34. The molecule has 1 saturated heterocycles. The molecule has 0 aliphatic carbocycles. The van der Waals surface area contributed by atoms with Crippen molar-refractivity contribution in [1.29, 1.82) is 0 Å². The van der Waals surface area contributed by atoms with Gasteiger partial charge in [-0.2, -0.15) is 0 Å². The van der Waals surface area contributed by atoms with Gasteiger partial charge in [-0.25, -0.2) is 19.2 Å². The average molecular weight is 430 g/mol. The van der Waals surface area contributed by atoms with Gasteiger partial charge in [-0.3, -0.25) is 9.80 Å². The molecule has 10 heteroatoms. The lowest BCUT2D eigenvalue weighted by Gasteiger charge is -2.44. The van der Waals surface area contributed by atoms with Gasteiger partial charge in [0.2, 0.25) is 0 Å². The number of piperazine rings is 1. The number of amides is 2. The van der Waals surface area contributed by atoms with Crippen LogP contribution >= 0.6 is 0 Å². The first kappa shape index (κ1) is 25.5. The second-order valence-electron chi connectivity index (χ2n) is 8.74. The minimum Gasteiger partial charge on any atom is -0.464 e. The summed E-state index contributed by atoms with van der Waals surface area (Å²) in [5, 5.41) is 0. The summed E-state index contributed by atoms with van der Waals surface area (Å²) < 4.78 is 21.0. The van der Waals surface area contributed by atoms with Crippen molar-refractivity contribution >= 4 is 24.1 Å². The molecule has 1 fully saturated rings. The van der Waals surface area contributed by atoms with Crippen LogP contribution in [0.4, 0.5) is 9.59 Å². The standard InChI is InChI=1S/C20H34N2O8/c1-9-27-15(23)13-14(16(24)28-10-2)22(18(26)30-20(6,7)8)12-11-21(13)17(25)29-19(3,4)5/h13-14H,9-12H2,1-8H3. The Labute approximate surface area is 177 Å². The van der Waals surface area contributed by atoms with Crippen molar-refractivity contribution in [2.45, 2.75) is 78.7 Å². The van der Waals surface area contributed by atoms with Gasteiger partial charge in [0, 0.05) is 13.1 Å². The van der Waals surface area contributed by atoms with Crippen molar-refractivity contribution in [3.63, 3.8) is 0 Å². The zero-order valence-corrected chi connectivity index (χ0v) is 19.1. The van der Waals surface area contributed by atoms with Crippen molar-refractivity contribution in [2.24, 2.45) is 0 Å². The first-order chi connectivity index (χ1) is 13.7. The summed E-state index contributed by atoms with van der Waals surface area (Å²) in [5.41, 5.74) is -1.64. The van der Waals surface area contributed by atoms with E-state index < -0.39 is 47.4 Å². The van der Waals surface area contributed by atoms with Crippen LogP contribution in [0.25, 0.3) is 0 Å². The number of hydrogen-bond acceptors (Lipinski definition) is 8. The van der Waals surface area contributed by atoms with Gasteiger partial charge in [-0.05, 0) is 55.4 Å². The SMILES string of the molecule is CCOC(=O)C1C(C(=O)OCC)N(C(=O)OC(C)(C)C)CCN1C(=O)OC(C)(C)C. The second kappa shape index (κ2) is 9.99. The van der Waals surface area contributed by atoms with Crippen LogP contribution in [0.15, 0.2) is 0 Å². The van der Waals surface area contributed by atoms with E-state index in [0.29, 0.717) is 0 Å². The first-order valence-corrected chi connectivity index (χ1v) is 10.0. The molecule has 1 aliphatic rings. The fraction of sp³-hybridized carbons (Fsp3) is 0.800. The maximum Gasteiger partial charge on any atom is 0.411 e. The van der Waals surface area contributed by atoms with Crippen LogP contribution in [-0.2, 0) is 28.5 Å². The Bertz CT molecular complexity index is 594. The molecular weight excluding hydrogens is 396 g/mol. The van der Waals surface area contributed by atoms with Gasteiger partial charge >= 0.3 is 24.1 Å². The largest absolute Gasteiger partial charge is 0.464 e. The summed E-state index contributed by atoms with van der Waals surface area (Å²) in [6, 6.07) is -2.86. The molecule has 0 aromatic rings. The van der Waals surface area contributed by atoms with E-state index >= 15 is 0 Å². The molecule has 30 heavy (non-hydrogen) atoms. The molecule has 0 radical (unpaired) electrons. The highest BCUT2D eigenvalue weighted by atomic mass is 16.6. The fourth-order valence-corrected chi connectivity index (χ4v) is 2.85. The molecule has 10 nitrogen and oxygen atoms in total. The van der Waals surface area contributed by atoms with Crippen molar-refractivity contribution in [2.75, 3.05) is 26.3 Å². The fourth-order valence-electron chi connectivity index (χ4n) is 2.85. The van der Waals surface area contributed by atoms with E-state index in [4.69, 9.17) is 18.9 Å². The lowest BCUT2D eigenvalue weighted by Crippen LogP contribution is -2.68. The van der Waals surface area contributed by atoms with E-state index in [1.54, 1.807) is 55.4 Å². The third kappa shape index (κ3) is 7.07. The molecule has 2 unspecified atom stereocenters. The minimum atomic E-state index is -1.43. The normalized spacial score (nSPS) is 19.7. The van der Waals surface area contributed by atoms with Crippen molar-refractivity contribution in [1.82, 2.24) is 9.80 Å². The summed E-state index contributed by atoms with van der Waals surface area (Å²) in [4.78, 5) is 53.3. The van der Waals surface area contributed by atoms with Crippen LogP contribution in [0.2, 0.25) is 0 Å². The predicted molar refractivity (Wildman–Crippen MR) is 107 cm³/mol. The van der Waals surface area contributed by atoms with Crippen LogP contribution in [0.5, 0.6) is 0 Å². The Morgan fingerprint density at radius 3 is 1.23 bits per heavy atom. The summed E-state index contributed by atoms with van der Waals surface area (Å²) >= 11 is 0. The lowest BCUT2D eigenvalue weighted by atomic mass is 10.0. The third-order valence-electron chi connectivity index (χ3n) is 3.86. The number of carbonyl (C=O) groups is 4. The van der Waals surface area contributed by atoms with E-state index in [2.05, 4.69) is 0 Å². The summed E-state index contributed by atoms with van der Waals surface area (Å²) in [6.45, 7) is 13.3. The summed E-state index contributed by atoms with van der Waals surface area (Å²) in [5.74, 6) is -1.68. The van der Waals surface area contributed by atoms with Crippen LogP contribution in [0.3, 0.4) is 0 Å². The van der Waals surface area contributed by atoms with E-state index in [-0.39, 0.29) is 26.3 Å². The van der Waals surface area contributed by atoms with E-state index in [0.717, 1.165) is 9.80 Å². The van der Waals surface area contributed by atoms with Gasteiger partial charge in [0.25, 0.3) is 0 Å².